The molecule has 2 aromatic rings. The molecule has 3 rings (SSSR count). The zero-order valence-electron chi connectivity index (χ0n) is 15.5. The number of aromatic nitrogens is 2. The van der Waals surface area contributed by atoms with Crippen LogP contribution in [0.4, 0.5) is 0 Å². The Bertz CT molecular complexity index is 776. The van der Waals surface area contributed by atoms with Crippen molar-refractivity contribution in [1.29, 1.82) is 0 Å². The zero-order valence-corrected chi connectivity index (χ0v) is 16.3. The molecule has 1 aromatic carbocycles. The largest absolute Gasteiger partial charge is 0.496 e. The van der Waals surface area contributed by atoms with E-state index in [0.717, 1.165) is 33.5 Å². The second-order valence-corrected chi connectivity index (χ2v) is 7.69. The molecule has 1 heterocycles. The highest BCUT2D eigenvalue weighted by Gasteiger charge is 2.23. The average molecular weight is 359 g/mol. The molecule has 0 saturated heterocycles. The van der Waals surface area contributed by atoms with Crippen molar-refractivity contribution in [2.75, 3.05) is 7.11 Å². The van der Waals surface area contributed by atoms with Gasteiger partial charge in [-0.05, 0) is 51.8 Å². The number of imidazole rings is 1. The van der Waals surface area contributed by atoms with Crippen molar-refractivity contribution >= 4 is 17.5 Å². The first-order valence-electron chi connectivity index (χ1n) is 8.87. The number of ether oxygens (including phenoxy) is 1. The number of hydrogen-bond donors (Lipinski definition) is 0. The Hall–Kier alpha value is -1.75. The van der Waals surface area contributed by atoms with E-state index >= 15 is 0 Å². The van der Waals surface area contributed by atoms with Gasteiger partial charge in [-0.2, -0.15) is 0 Å². The number of carbonyl (C=O) groups is 1. The molecule has 1 saturated carbocycles. The van der Waals surface area contributed by atoms with Crippen molar-refractivity contribution < 1.29 is 9.53 Å². The normalized spacial score (nSPS) is 14.9. The molecule has 0 atom stereocenters. The first-order chi connectivity index (χ1) is 12.0. The van der Waals surface area contributed by atoms with Gasteiger partial charge in [0.2, 0.25) is 0 Å². The lowest BCUT2D eigenvalue weighted by atomic mass is 10.1. The number of hydrogen-bond acceptors (Lipinski definition) is 4. The maximum atomic E-state index is 11.7. The van der Waals surface area contributed by atoms with E-state index in [0.29, 0.717) is 6.04 Å². The number of aryl methyl sites for hydroxylation is 1. The first kappa shape index (κ1) is 18.1. The number of thioether (sulfide) groups is 1. The highest BCUT2D eigenvalue weighted by atomic mass is 32.2. The quantitative estimate of drug-likeness (QED) is 0.531. The summed E-state index contributed by atoms with van der Waals surface area (Å²) >= 11 is 1.73. The summed E-state index contributed by atoms with van der Waals surface area (Å²) < 4.78 is 7.90. The highest BCUT2D eigenvalue weighted by molar-refractivity contribution is 7.98. The Labute approximate surface area is 154 Å². The molecule has 1 aromatic heterocycles. The van der Waals surface area contributed by atoms with Crippen LogP contribution in [-0.2, 0) is 5.75 Å². The molecular formula is C20H26N2O2S. The molecule has 1 fully saturated rings. The third-order valence-electron chi connectivity index (χ3n) is 5.09. The number of carbonyl (C=O) groups excluding carboxylic acids is 1. The van der Waals surface area contributed by atoms with Gasteiger partial charge in [-0.25, -0.2) is 4.98 Å². The average Bonchev–Trinajstić information content (AvgIpc) is 3.21. The van der Waals surface area contributed by atoms with Gasteiger partial charge < -0.3 is 9.30 Å². The SMILES string of the molecule is COc1ccc(C(C)=O)cc1CSc1nc(C)c(C)n1C1CCCC1. The van der Waals surface area contributed by atoms with E-state index in [-0.39, 0.29) is 5.78 Å². The summed E-state index contributed by atoms with van der Waals surface area (Å²) in [4.78, 5) is 16.5. The minimum atomic E-state index is 0.0769. The molecule has 0 bridgehead atoms. The monoisotopic (exact) mass is 358 g/mol. The molecule has 1 aliphatic carbocycles. The molecule has 4 nitrogen and oxygen atoms in total. The van der Waals surface area contributed by atoms with Gasteiger partial charge in [0, 0.05) is 28.6 Å². The van der Waals surface area contributed by atoms with Gasteiger partial charge in [-0.3, -0.25) is 4.79 Å². The van der Waals surface area contributed by atoms with E-state index in [1.807, 2.05) is 18.2 Å². The van der Waals surface area contributed by atoms with Crippen LogP contribution >= 0.6 is 11.8 Å². The number of Topliss-reactive ketones (excluding diaryl/α,β-unsaturated/α-hetero) is 1. The van der Waals surface area contributed by atoms with Gasteiger partial charge in [-0.15, -0.1) is 0 Å². The molecule has 0 unspecified atom stereocenters. The first-order valence-corrected chi connectivity index (χ1v) is 9.86. The van der Waals surface area contributed by atoms with Crippen LogP contribution in [0.15, 0.2) is 23.4 Å². The fraction of sp³-hybridized carbons (Fsp3) is 0.500. The molecule has 134 valence electrons. The van der Waals surface area contributed by atoms with Crippen LogP contribution in [0.5, 0.6) is 5.75 Å². The molecule has 0 spiro atoms. The number of benzene rings is 1. The maximum absolute atomic E-state index is 11.7. The van der Waals surface area contributed by atoms with Crippen LogP contribution in [0.25, 0.3) is 0 Å². The number of rotatable bonds is 6. The summed E-state index contributed by atoms with van der Waals surface area (Å²) in [6.07, 6.45) is 5.10. The molecule has 0 radical (unpaired) electrons. The molecule has 0 aliphatic heterocycles. The third-order valence-corrected chi connectivity index (χ3v) is 6.09. The van der Waals surface area contributed by atoms with E-state index in [9.17, 15) is 4.79 Å². The second kappa shape index (κ2) is 7.65. The van der Waals surface area contributed by atoms with Crippen LogP contribution < -0.4 is 4.74 Å². The lowest BCUT2D eigenvalue weighted by Gasteiger charge is -2.17. The summed E-state index contributed by atoms with van der Waals surface area (Å²) in [5.41, 5.74) is 4.15. The fourth-order valence-corrected chi connectivity index (χ4v) is 4.68. The Morgan fingerprint density at radius 2 is 2.04 bits per heavy atom. The van der Waals surface area contributed by atoms with E-state index < -0.39 is 0 Å². The van der Waals surface area contributed by atoms with Crippen LogP contribution in [-0.4, -0.2) is 22.4 Å². The highest BCUT2D eigenvalue weighted by Crippen LogP contribution is 2.37. The summed E-state index contributed by atoms with van der Waals surface area (Å²) in [6.45, 7) is 5.85. The van der Waals surface area contributed by atoms with Gasteiger partial charge >= 0.3 is 0 Å². The minimum absolute atomic E-state index is 0.0769. The Balaban J connectivity index is 1.85. The minimum Gasteiger partial charge on any atom is -0.496 e. The van der Waals surface area contributed by atoms with Crippen LogP contribution in [0.2, 0.25) is 0 Å². The predicted molar refractivity (Wildman–Crippen MR) is 102 cm³/mol. The van der Waals surface area contributed by atoms with Crippen LogP contribution in [0.1, 0.15) is 66.0 Å². The van der Waals surface area contributed by atoms with E-state index in [1.54, 1.807) is 25.8 Å². The standard InChI is InChI=1S/C20H26N2O2S/c1-13-14(2)22(18-7-5-6-8-18)20(21-13)25-12-17-11-16(15(3)23)9-10-19(17)24-4/h9-11,18H,5-8,12H2,1-4H3. The molecule has 25 heavy (non-hydrogen) atoms. The lowest BCUT2D eigenvalue weighted by Crippen LogP contribution is -2.08. The van der Waals surface area contributed by atoms with Crippen LogP contribution in [0, 0.1) is 13.8 Å². The Kier molecular flexibility index (Phi) is 5.52. The van der Waals surface area contributed by atoms with E-state index in [1.165, 1.54) is 31.4 Å². The number of ketones is 1. The Morgan fingerprint density at radius 1 is 1.32 bits per heavy atom. The second-order valence-electron chi connectivity index (χ2n) is 6.74. The lowest BCUT2D eigenvalue weighted by molar-refractivity contribution is 0.101. The number of nitrogens with zero attached hydrogens (tertiary/aromatic N) is 2. The van der Waals surface area contributed by atoms with E-state index in [4.69, 9.17) is 9.72 Å². The molecular weight excluding hydrogens is 332 g/mol. The van der Waals surface area contributed by atoms with E-state index in [2.05, 4.69) is 18.4 Å². The summed E-state index contributed by atoms with van der Waals surface area (Å²) in [7, 11) is 1.67. The molecule has 0 N–H and O–H groups in total. The number of methoxy groups -OCH3 is 1. The van der Waals surface area contributed by atoms with Crippen molar-refractivity contribution in [2.24, 2.45) is 0 Å². The topological polar surface area (TPSA) is 44.1 Å². The van der Waals surface area contributed by atoms with Crippen LogP contribution in [0.3, 0.4) is 0 Å². The van der Waals surface area contributed by atoms with Crippen molar-refractivity contribution in [3.8, 4) is 5.75 Å². The third kappa shape index (κ3) is 3.76. The van der Waals surface area contributed by atoms with Gasteiger partial charge in [0.25, 0.3) is 0 Å². The van der Waals surface area contributed by atoms with Gasteiger partial charge in [0.05, 0.1) is 12.8 Å². The molecule has 5 heteroatoms. The molecule has 1 aliphatic rings. The summed E-state index contributed by atoms with van der Waals surface area (Å²) in [6, 6.07) is 6.22. The maximum Gasteiger partial charge on any atom is 0.169 e. The van der Waals surface area contributed by atoms with Gasteiger partial charge in [0.15, 0.2) is 10.9 Å². The van der Waals surface area contributed by atoms with Gasteiger partial charge in [-0.1, -0.05) is 24.6 Å². The fourth-order valence-electron chi connectivity index (χ4n) is 3.54. The van der Waals surface area contributed by atoms with Crippen molar-refractivity contribution in [1.82, 2.24) is 9.55 Å². The summed E-state index contributed by atoms with van der Waals surface area (Å²) in [5, 5.41) is 1.08. The molecule has 0 amide bonds. The Morgan fingerprint density at radius 3 is 2.68 bits per heavy atom. The van der Waals surface area contributed by atoms with Crippen molar-refractivity contribution in [3.63, 3.8) is 0 Å². The zero-order chi connectivity index (χ0) is 18.0. The predicted octanol–water partition coefficient (Wildman–Crippen LogP) is 5.12. The van der Waals surface area contributed by atoms with Crippen molar-refractivity contribution in [3.05, 3.63) is 40.7 Å². The van der Waals surface area contributed by atoms with Gasteiger partial charge in [0.1, 0.15) is 5.75 Å². The summed E-state index contributed by atoms with van der Waals surface area (Å²) in [5.74, 6) is 1.64. The van der Waals surface area contributed by atoms with Crippen molar-refractivity contribution in [2.45, 2.75) is 63.4 Å². The smallest absolute Gasteiger partial charge is 0.169 e.